The molecule has 3 heteroatoms. The standard InChI is InChI=1S/C8H8FNO/c9-5-7-1-3-8(4-2-7)11-6-10/h1-4,6,10H,5H2. The van der Waals surface area contributed by atoms with E-state index in [0.29, 0.717) is 11.3 Å². The molecule has 0 aliphatic heterocycles. The van der Waals surface area contributed by atoms with Crippen LogP contribution in [0.1, 0.15) is 5.56 Å². The maximum absolute atomic E-state index is 12.0. The molecule has 11 heavy (non-hydrogen) atoms. The number of hydrogen-bond acceptors (Lipinski definition) is 2. The van der Waals surface area contributed by atoms with E-state index in [0.717, 1.165) is 6.40 Å². The first-order valence-electron chi connectivity index (χ1n) is 3.17. The van der Waals surface area contributed by atoms with Crippen LogP contribution in [0.5, 0.6) is 5.75 Å². The molecule has 0 aliphatic rings. The van der Waals surface area contributed by atoms with Crippen molar-refractivity contribution >= 4 is 6.40 Å². The molecule has 0 heterocycles. The van der Waals surface area contributed by atoms with Gasteiger partial charge in [-0.15, -0.1) is 0 Å². The minimum atomic E-state index is -0.467. The lowest BCUT2D eigenvalue weighted by Gasteiger charge is -1.98. The zero-order valence-electron chi connectivity index (χ0n) is 5.88. The molecule has 0 aliphatic carbocycles. The van der Waals surface area contributed by atoms with Gasteiger partial charge < -0.3 is 4.74 Å². The lowest BCUT2D eigenvalue weighted by Crippen LogP contribution is -1.87. The Morgan fingerprint density at radius 2 is 2.00 bits per heavy atom. The molecule has 0 unspecified atom stereocenters. The molecule has 0 aromatic heterocycles. The molecule has 0 spiro atoms. The van der Waals surface area contributed by atoms with Crippen LogP contribution in [0.2, 0.25) is 0 Å². The molecule has 1 aromatic rings. The van der Waals surface area contributed by atoms with Crippen molar-refractivity contribution in [2.75, 3.05) is 0 Å². The number of nitrogens with one attached hydrogen (secondary N) is 1. The first-order valence-corrected chi connectivity index (χ1v) is 3.17. The summed E-state index contributed by atoms with van der Waals surface area (Å²) in [6, 6.07) is 6.50. The molecular formula is C8H8FNO. The van der Waals surface area contributed by atoms with Crippen molar-refractivity contribution < 1.29 is 9.13 Å². The molecule has 0 radical (unpaired) electrons. The topological polar surface area (TPSA) is 33.1 Å². The molecule has 1 aromatic carbocycles. The second kappa shape index (κ2) is 3.71. The normalized spacial score (nSPS) is 9.18. The van der Waals surface area contributed by atoms with E-state index in [1.165, 1.54) is 0 Å². The number of rotatable bonds is 3. The van der Waals surface area contributed by atoms with Crippen molar-refractivity contribution in [1.29, 1.82) is 5.41 Å². The molecule has 58 valence electrons. The van der Waals surface area contributed by atoms with Crippen LogP contribution in [-0.2, 0) is 6.67 Å². The fraction of sp³-hybridized carbons (Fsp3) is 0.125. The van der Waals surface area contributed by atoms with Gasteiger partial charge in [-0.1, -0.05) is 12.1 Å². The molecule has 0 saturated carbocycles. The first-order chi connectivity index (χ1) is 5.36. The SMILES string of the molecule is N=COc1ccc(CF)cc1. The number of ether oxygens (including phenoxy) is 1. The largest absolute Gasteiger partial charge is 0.446 e. The summed E-state index contributed by atoms with van der Waals surface area (Å²) in [6.45, 7) is -0.467. The van der Waals surface area contributed by atoms with Gasteiger partial charge in [0, 0.05) is 0 Å². The van der Waals surface area contributed by atoms with E-state index in [-0.39, 0.29) is 0 Å². The summed E-state index contributed by atoms with van der Waals surface area (Å²) in [7, 11) is 0. The summed E-state index contributed by atoms with van der Waals surface area (Å²) in [4.78, 5) is 0. The van der Waals surface area contributed by atoms with Crippen LogP contribution in [0.4, 0.5) is 4.39 Å². The van der Waals surface area contributed by atoms with Crippen LogP contribution in [0.15, 0.2) is 24.3 Å². The number of hydrogen-bond donors (Lipinski definition) is 1. The van der Waals surface area contributed by atoms with Crippen molar-refractivity contribution in [2.24, 2.45) is 0 Å². The van der Waals surface area contributed by atoms with Gasteiger partial charge in [0.2, 0.25) is 0 Å². The number of benzene rings is 1. The fourth-order valence-electron chi connectivity index (χ4n) is 0.725. The van der Waals surface area contributed by atoms with Gasteiger partial charge in [-0.2, -0.15) is 0 Å². The third-order valence-corrected chi connectivity index (χ3v) is 1.27. The summed E-state index contributed by atoms with van der Waals surface area (Å²) in [5.74, 6) is 0.553. The predicted molar refractivity (Wildman–Crippen MR) is 40.7 cm³/mol. The highest BCUT2D eigenvalue weighted by Crippen LogP contribution is 2.11. The third-order valence-electron chi connectivity index (χ3n) is 1.27. The quantitative estimate of drug-likeness (QED) is 0.523. The van der Waals surface area contributed by atoms with Gasteiger partial charge >= 0.3 is 0 Å². The van der Waals surface area contributed by atoms with Gasteiger partial charge in [0.25, 0.3) is 0 Å². The van der Waals surface area contributed by atoms with E-state index in [1.54, 1.807) is 24.3 Å². The van der Waals surface area contributed by atoms with Gasteiger partial charge in [0.1, 0.15) is 12.4 Å². The Hall–Kier alpha value is -1.38. The first kappa shape index (κ1) is 7.72. The van der Waals surface area contributed by atoms with Gasteiger partial charge in [-0.3, -0.25) is 5.41 Å². The van der Waals surface area contributed by atoms with E-state index < -0.39 is 6.67 Å². The Morgan fingerprint density at radius 1 is 1.36 bits per heavy atom. The molecule has 2 nitrogen and oxygen atoms in total. The average Bonchev–Trinajstić information content (AvgIpc) is 2.07. The molecule has 1 N–H and O–H groups in total. The minimum absolute atomic E-state index is 0.467. The van der Waals surface area contributed by atoms with Crippen molar-refractivity contribution in [2.45, 2.75) is 6.67 Å². The van der Waals surface area contributed by atoms with Crippen LogP contribution in [-0.4, -0.2) is 6.40 Å². The molecule has 0 fully saturated rings. The van der Waals surface area contributed by atoms with E-state index in [2.05, 4.69) is 0 Å². The maximum atomic E-state index is 12.0. The van der Waals surface area contributed by atoms with Crippen LogP contribution >= 0.6 is 0 Å². The molecule has 0 amide bonds. The van der Waals surface area contributed by atoms with Crippen LogP contribution in [0, 0.1) is 5.41 Å². The average molecular weight is 153 g/mol. The van der Waals surface area contributed by atoms with Gasteiger partial charge in [-0.25, -0.2) is 4.39 Å². The Kier molecular flexibility index (Phi) is 2.60. The summed E-state index contributed by atoms with van der Waals surface area (Å²) >= 11 is 0. The second-order valence-corrected chi connectivity index (χ2v) is 2.01. The van der Waals surface area contributed by atoms with Crippen molar-refractivity contribution in [1.82, 2.24) is 0 Å². The van der Waals surface area contributed by atoms with E-state index in [9.17, 15) is 4.39 Å². The lowest BCUT2D eigenvalue weighted by molar-refractivity contribution is 0.484. The molecule has 0 atom stereocenters. The third kappa shape index (κ3) is 2.04. The van der Waals surface area contributed by atoms with Crippen molar-refractivity contribution in [3.63, 3.8) is 0 Å². The van der Waals surface area contributed by atoms with E-state index in [1.807, 2.05) is 0 Å². The summed E-state index contributed by atoms with van der Waals surface area (Å²) < 4.78 is 16.7. The van der Waals surface area contributed by atoms with Gasteiger partial charge in [0.05, 0.1) is 0 Å². The zero-order valence-corrected chi connectivity index (χ0v) is 5.88. The van der Waals surface area contributed by atoms with Crippen LogP contribution in [0.3, 0.4) is 0 Å². The minimum Gasteiger partial charge on any atom is -0.446 e. The second-order valence-electron chi connectivity index (χ2n) is 2.01. The highest BCUT2D eigenvalue weighted by atomic mass is 19.1. The molecule has 0 bridgehead atoms. The summed E-state index contributed by atoms with van der Waals surface area (Å²) in [5.41, 5.74) is 0.613. The Bertz CT molecular complexity index is 232. The highest BCUT2D eigenvalue weighted by molar-refractivity contribution is 5.48. The smallest absolute Gasteiger partial charge is 0.173 e. The van der Waals surface area contributed by atoms with Gasteiger partial charge in [-0.05, 0) is 17.7 Å². The zero-order chi connectivity index (χ0) is 8.10. The van der Waals surface area contributed by atoms with Crippen LogP contribution in [0.25, 0.3) is 0 Å². The lowest BCUT2D eigenvalue weighted by atomic mass is 10.2. The van der Waals surface area contributed by atoms with Crippen LogP contribution < -0.4 is 4.74 Å². The maximum Gasteiger partial charge on any atom is 0.173 e. The fourth-order valence-corrected chi connectivity index (χ4v) is 0.725. The Labute approximate surface area is 64.1 Å². The molecule has 1 rings (SSSR count). The molecule has 0 saturated heterocycles. The Morgan fingerprint density at radius 3 is 2.45 bits per heavy atom. The summed E-state index contributed by atoms with van der Waals surface area (Å²) in [5, 5.41) is 6.62. The monoisotopic (exact) mass is 153 g/mol. The van der Waals surface area contributed by atoms with Gasteiger partial charge in [0.15, 0.2) is 6.40 Å². The predicted octanol–water partition coefficient (Wildman–Crippen LogP) is 2.14. The van der Waals surface area contributed by atoms with E-state index in [4.69, 9.17) is 10.1 Å². The highest BCUT2D eigenvalue weighted by Gasteiger charge is 1.92. The number of alkyl halides is 1. The van der Waals surface area contributed by atoms with Crippen molar-refractivity contribution in [3.05, 3.63) is 29.8 Å². The Balaban J connectivity index is 2.74. The van der Waals surface area contributed by atoms with E-state index >= 15 is 0 Å². The van der Waals surface area contributed by atoms with Crippen molar-refractivity contribution in [3.8, 4) is 5.75 Å². The molecular weight excluding hydrogens is 145 g/mol. The summed E-state index contributed by atoms with van der Waals surface area (Å²) in [6.07, 6.45) is 0.838. The number of halogens is 1.